The summed E-state index contributed by atoms with van der Waals surface area (Å²) in [5.41, 5.74) is 0.335. The van der Waals surface area contributed by atoms with Crippen LogP contribution in [0.1, 0.15) is 10.4 Å². The van der Waals surface area contributed by atoms with Crippen LogP contribution in [0.25, 0.3) is 100 Å². The van der Waals surface area contributed by atoms with Crippen LogP contribution in [0.5, 0.6) is 17.2 Å². The standard InChI is InChI=1S/C46H18Br6O11.2Al/c47-34-23(53)9-3-16-29(17-4-10-24(54)35(48)41(17)61-40(16)34)15-1-2-22(46(59)60)33(31-20-7-13-27(57)38(51)44(20)63-45-21(31)8-14-28(58)39(45)52)32(15)30-18-5-11-25(55)36(49)42(18)62-43-19(30)6-12-26(56)37(43)50;;/h1-14,53,55,57H,(H,59,60);;/q;2*+3/p-4. The quantitative estimate of drug-likeness (QED) is 0.120. The minimum atomic E-state index is -1.63. The number of aromatic carboxylic acids is 1. The number of halogens is 6. The van der Waals surface area contributed by atoms with Gasteiger partial charge < -0.3 is 38.5 Å². The Bertz CT molecular complexity index is 3810. The van der Waals surface area contributed by atoms with Crippen LogP contribution < -0.4 is 36.7 Å². The van der Waals surface area contributed by atoms with Gasteiger partial charge in [-0.25, -0.2) is 0 Å². The van der Waals surface area contributed by atoms with Crippen molar-refractivity contribution in [3.05, 3.63) is 148 Å². The van der Waals surface area contributed by atoms with E-state index >= 15 is 0 Å². The van der Waals surface area contributed by atoms with Gasteiger partial charge >= 0.3 is 34.7 Å². The van der Waals surface area contributed by atoms with Gasteiger partial charge in [0.05, 0.1) is 19.4 Å². The van der Waals surface area contributed by atoms with E-state index < -0.39 is 39.5 Å². The molecule has 0 saturated heterocycles. The number of benzene rings is 7. The minimum absolute atomic E-state index is 0. The summed E-state index contributed by atoms with van der Waals surface area (Å²) in [5, 5.41) is 54.4. The number of carbonyl (C=O) groups excluding carboxylic acids is 1. The van der Waals surface area contributed by atoms with Crippen molar-refractivity contribution in [2.45, 2.75) is 0 Å². The zero-order valence-corrected chi connectivity index (χ0v) is 43.8. The molecule has 10 rings (SSSR count). The summed E-state index contributed by atoms with van der Waals surface area (Å²) in [6.45, 7) is 0. The van der Waals surface area contributed by atoms with E-state index in [0.717, 1.165) is 0 Å². The Morgan fingerprint density at radius 3 is 1.08 bits per heavy atom. The largest absolute Gasteiger partial charge is 3.00 e. The Hall–Kier alpha value is -4.24. The molecule has 65 heavy (non-hydrogen) atoms. The van der Waals surface area contributed by atoms with Crippen molar-refractivity contribution in [3.8, 4) is 84.6 Å². The van der Waals surface area contributed by atoms with Crippen molar-refractivity contribution >= 4 is 169 Å². The van der Waals surface area contributed by atoms with Gasteiger partial charge in [-0.3, -0.25) is 14.4 Å². The first kappa shape index (κ1) is 47.3. The summed E-state index contributed by atoms with van der Waals surface area (Å²) in [5.74, 6) is -2.99. The molecular formula is C46H14Al2Br6O11+2. The summed E-state index contributed by atoms with van der Waals surface area (Å²) < 4.78 is 19.0. The minimum Gasteiger partial charge on any atom is -0.872 e. The summed E-state index contributed by atoms with van der Waals surface area (Å²) in [6, 6.07) is 19.7. The SMILES string of the molecule is O=C([O-])c1ccc(-c2c3ccc(=O)c(Br)c-3oc3c(Br)c([O-])ccc23)c(-c2c3ccc(=O)c(Br)c-3oc3c(Br)c([O-])ccc23)c1-c1c2ccc(=O)c(Br)c-2oc2c(Br)c([O-])ccc12.[Al+3].[Al+3]. The summed E-state index contributed by atoms with van der Waals surface area (Å²) in [6.07, 6.45) is 0. The molecule has 19 heteroatoms. The molecule has 11 nitrogen and oxygen atoms in total. The van der Waals surface area contributed by atoms with Gasteiger partial charge in [-0.15, -0.1) is 0 Å². The van der Waals surface area contributed by atoms with Crippen LogP contribution in [0.4, 0.5) is 0 Å². The zero-order valence-electron chi connectivity index (χ0n) is 32.0. The third kappa shape index (κ3) is 7.17. The molecule has 3 aliphatic carbocycles. The maximum absolute atomic E-state index is 13.8. The van der Waals surface area contributed by atoms with Crippen molar-refractivity contribution in [3.63, 3.8) is 0 Å². The molecule has 0 radical (unpaired) electrons. The van der Waals surface area contributed by atoms with Gasteiger partial charge in [-0.05, 0) is 143 Å². The molecule has 0 atom stereocenters. The smallest absolute Gasteiger partial charge is 0.872 e. The molecule has 0 saturated carbocycles. The molecule has 0 aromatic heterocycles. The van der Waals surface area contributed by atoms with Gasteiger partial charge in [0.25, 0.3) is 0 Å². The average Bonchev–Trinajstić information content (AvgIpc) is 3.26. The number of carboxylic acid groups (broad SMARTS) is 1. The number of carboxylic acids is 1. The van der Waals surface area contributed by atoms with E-state index in [9.17, 15) is 39.6 Å². The molecule has 0 bridgehead atoms. The molecule has 3 aliphatic heterocycles. The van der Waals surface area contributed by atoms with Gasteiger partial charge in [0.15, 0.2) is 33.6 Å². The van der Waals surface area contributed by atoms with E-state index in [4.69, 9.17) is 13.3 Å². The first-order chi connectivity index (χ1) is 30.1. The monoisotopic (exact) mass is 1270 g/mol. The van der Waals surface area contributed by atoms with Crippen molar-refractivity contribution in [2.24, 2.45) is 0 Å². The van der Waals surface area contributed by atoms with Gasteiger partial charge in [-0.1, -0.05) is 65.8 Å². The number of hydrogen-bond acceptors (Lipinski definition) is 11. The normalized spacial score (nSPS) is 11.5. The van der Waals surface area contributed by atoms with E-state index in [0.29, 0.717) is 16.5 Å². The zero-order chi connectivity index (χ0) is 44.5. The molecule has 0 unspecified atom stereocenters. The molecule has 6 aliphatic rings. The first-order valence-electron chi connectivity index (χ1n) is 18.1. The molecule has 0 fully saturated rings. The topological polar surface area (TPSA) is 200 Å². The summed E-state index contributed by atoms with van der Waals surface area (Å²) in [4.78, 5) is 53.5. The second-order valence-electron chi connectivity index (χ2n) is 14.2. The van der Waals surface area contributed by atoms with Crippen LogP contribution in [0.2, 0.25) is 0 Å². The molecule has 4 aromatic rings. The van der Waals surface area contributed by atoms with Gasteiger partial charge in [0.2, 0.25) is 0 Å². The Morgan fingerprint density at radius 1 is 0.385 bits per heavy atom. The van der Waals surface area contributed by atoms with E-state index in [-0.39, 0.29) is 151 Å². The third-order valence-electron chi connectivity index (χ3n) is 10.8. The van der Waals surface area contributed by atoms with Crippen LogP contribution in [-0.2, 0) is 0 Å². The Balaban J connectivity index is 0.00000288. The van der Waals surface area contributed by atoms with Crippen molar-refractivity contribution in [1.29, 1.82) is 0 Å². The number of hydrogen-bond donors (Lipinski definition) is 0. The second-order valence-corrected chi connectivity index (χ2v) is 18.9. The van der Waals surface area contributed by atoms with E-state index in [1.165, 1.54) is 66.7 Å². The van der Waals surface area contributed by atoms with Crippen LogP contribution in [0, 0.1) is 0 Å². The Kier molecular flexibility index (Phi) is 12.7. The maximum Gasteiger partial charge on any atom is 3.00 e. The maximum atomic E-state index is 13.8. The molecule has 310 valence electrons. The van der Waals surface area contributed by atoms with E-state index in [2.05, 4.69) is 95.6 Å². The molecule has 0 amide bonds. The van der Waals surface area contributed by atoms with Gasteiger partial charge in [0.1, 0.15) is 30.2 Å². The fourth-order valence-electron chi connectivity index (χ4n) is 8.08. The second kappa shape index (κ2) is 17.4. The van der Waals surface area contributed by atoms with Crippen molar-refractivity contribution in [1.82, 2.24) is 0 Å². The van der Waals surface area contributed by atoms with E-state index in [1.807, 2.05) is 0 Å². The average molecular weight is 1280 g/mol. The number of fused-ring (bicyclic) bond motifs is 6. The van der Waals surface area contributed by atoms with Crippen LogP contribution >= 0.6 is 95.6 Å². The molecule has 3 heterocycles. The summed E-state index contributed by atoms with van der Waals surface area (Å²) >= 11 is 20.3. The Labute approximate surface area is 435 Å². The van der Waals surface area contributed by atoms with Crippen LogP contribution in [0.3, 0.4) is 0 Å². The van der Waals surface area contributed by atoms with E-state index in [1.54, 1.807) is 18.2 Å². The van der Waals surface area contributed by atoms with Gasteiger partial charge in [-0.2, -0.15) is 0 Å². The third-order valence-corrected chi connectivity index (χ3v) is 15.3. The first-order valence-corrected chi connectivity index (χ1v) is 22.9. The predicted octanol–water partition coefficient (Wildman–Crippen LogP) is 9.72. The van der Waals surface area contributed by atoms with Gasteiger partial charge in [0, 0.05) is 60.7 Å². The predicted molar refractivity (Wildman–Crippen MR) is 261 cm³/mol. The number of carbonyl (C=O) groups is 1. The van der Waals surface area contributed by atoms with Crippen molar-refractivity contribution in [2.75, 3.05) is 0 Å². The van der Waals surface area contributed by atoms with Crippen LogP contribution in [-0.4, -0.2) is 40.7 Å². The molecule has 0 N–H and O–H groups in total. The fraction of sp³-hybridized carbons (Fsp3) is 0. The molecule has 0 spiro atoms. The van der Waals surface area contributed by atoms with Crippen molar-refractivity contribution < 1.29 is 38.5 Å². The molecular weight excluding hydrogens is 1260 g/mol. The number of rotatable bonds is 4. The Morgan fingerprint density at radius 2 is 0.708 bits per heavy atom. The molecule has 4 aromatic carbocycles. The van der Waals surface area contributed by atoms with Crippen LogP contribution in [0.15, 0.2) is 139 Å². The summed E-state index contributed by atoms with van der Waals surface area (Å²) in [7, 11) is 0. The fourth-order valence-corrected chi connectivity index (χ4v) is 10.6.